The number of nitrogens with zero attached hydrogens (tertiary/aromatic N) is 3. The molecule has 0 saturated heterocycles. The van der Waals surface area contributed by atoms with Crippen LogP contribution in [0, 0.1) is 0 Å². The van der Waals surface area contributed by atoms with E-state index >= 15 is 0 Å². The minimum absolute atomic E-state index is 0.186. The molecule has 7 heteroatoms. The standard InChI is InChI=1S/C22H20N4O3/c1-14-13-15-7-3-6-10-19(15)26(14)22-23-12-11-18(25-22)20(27)24-17-9-5-4-8-16(17)21(28)29-2/h3-12,14H,13H2,1-2H3,(H,24,27). The highest BCUT2D eigenvalue weighted by Gasteiger charge is 2.29. The minimum atomic E-state index is -0.522. The second-order valence-corrected chi connectivity index (χ2v) is 6.79. The van der Waals surface area contributed by atoms with Crippen molar-refractivity contribution in [3.63, 3.8) is 0 Å². The lowest BCUT2D eigenvalue weighted by molar-refractivity contribution is 0.0602. The van der Waals surface area contributed by atoms with Crippen LogP contribution in [-0.4, -0.2) is 35.0 Å². The van der Waals surface area contributed by atoms with Gasteiger partial charge in [-0.3, -0.25) is 4.79 Å². The van der Waals surface area contributed by atoms with Crippen LogP contribution in [0.1, 0.15) is 33.3 Å². The Labute approximate surface area is 168 Å². The van der Waals surface area contributed by atoms with E-state index in [4.69, 9.17) is 4.74 Å². The molecule has 146 valence electrons. The molecule has 0 saturated carbocycles. The molecule has 1 amide bonds. The first kappa shape index (κ1) is 18.6. The van der Waals surface area contributed by atoms with Gasteiger partial charge < -0.3 is 15.0 Å². The van der Waals surface area contributed by atoms with Gasteiger partial charge in [-0.2, -0.15) is 0 Å². The third-order valence-corrected chi connectivity index (χ3v) is 4.88. The van der Waals surface area contributed by atoms with Crippen LogP contribution < -0.4 is 10.2 Å². The summed E-state index contributed by atoms with van der Waals surface area (Å²) in [5.74, 6) is -0.478. The predicted octanol–water partition coefficient (Wildman–Crippen LogP) is 3.60. The van der Waals surface area contributed by atoms with Gasteiger partial charge in [-0.05, 0) is 43.2 Å². The average Bonchev–Trinajstić information content (AvgIpc) is 3.09. The van der Waals surface area contributed by atoms with Crippen molar-refractivity contribution < 1.29 is 14.3 Å². The molecule has 1 aromatic heterocycles. The second kappa shape index (κ2) is 7.71. The van der Waals surface area contributed by atoms with Crippen molar-refractivity contribution in [1.29, 1.82) is 0 Å². The van der Waals surface area contributed by atoms with Gasteiger partial charge in [0.1, 0.15) is 5.69 Å². The smallest absolute Gasteiger partial charge is 0.339 e. The fourth-order valence-corrected chi connectivity index (χ4v) is 3.53. The van der Waals surface area contributed by atoms with Gasteiger partial charge in [-0.1, -0.05) is 30.3 Å². The number of aromatic nitrogens is 2. The van der Waals surface area contributed by atoms with E-state index in [1.54, 1.807) is 36.5 Å². The third kappa shape index (κ3) is 3.54. The van der Waals surface area contributed by atoms with Gasteiger partial charge in [-0.15, -0.1) is 0 Å². The van der Waals surface area contributed by atoms with Crippen LogP contribution >= 0.6 is 0 Å². The first-order chi connectivity index (χ1) is 14.1. The lowest BCUT2D eigenvalue weighted by atomic mass is 10.1. The molecule has 1 unspecified atom stereocenters. The highest BCUT2D eigenvalue weighted by atomic mass is 16.5. The molecule has 1 aliphatic rings. The van der Waals surface area contributed by atoms with Gasteiger partial charge in [0.2, 0.25) is 5.95 Å². The number of para-hydroxylation sites is 2. The van der Waals surface area contributed by atoms with Crippen LogP contribution in [0.4, 0.5) is 17.3 Å². The Morgan fingerprint density at radius 2 is 1.86 bits per heavy atom. The van der Waals surface area contributed by atoms with Crippen molar-refractivity contribution in [3.05, 3.63) is 77.6 Å². The van der Waals surface area contributed by atoms with E-state index in [1.165, 1.54) is 12.7 Å². The van der Waals surface area contributed by atoms with Crippen molar-refractivity contribution >= 4 is 29.2 Å². The molecule has 1 atom stereocenters. The van der Waals surface area contributed by atoms with Gasteiger partial charge in [0.15, 0.2) is 0 Å². The Balaban J connectivity index is 1.62. The molecule has 1 aliphatic heterocycles. The quantitative estimate of drug-likeness (QED) is 0.688. The largest absolute Gasteiger partial charge is 0.465 e. The Morgan fingerprint density at radius 1 is 1.10 bits per heavy atom. The van der Waals surface area contributed by atoms with Crippen molar-refractivity contribution in [3.8, 4) is 0 Å². The van der Waals surface area contributed by atoms with Crippen LogP contribution in [-0.2, 0) is 11.2 Å². The Bertz CT molecular complexity index is 1080. The van der Waals surface area contributed by atoms with E-state index in [2.05, 4.69) is 28.3 Å². The number of ether oxygens (including phenoxy) is 1. The normalized spacial score (nSPS) is 15.0. The summed E-state index contributed by atoms with van der Waals surface area (Å²) in [4.78, 5) is 35.6. The molecule has 3 aromatic rings. The Kier molecular flexibility index (Phi) is 4.95. The number of nitrogens with one attached hydrogen (secondary N) is 1. The van der Waals surface area contributed by atoms with Gasteiger partial charge in [-0.25, -0.2) is 14.8 Å². The van der Waals surface area contributed by atoms with Crippen LogP contribution in [0.3, 0.4) is 0 Å². The molecule has 0 fully saturated rings. The summed E-state index contributed by atoms with van der Waals surface area (Å²) in [7, 11) is 1.30. The molecular weight excluding hydrogens is 368 g/mol. The van der Waals surface area contributed by atoms with Crippen LogP contribution in [0.25, 0.3) is 0 Å². The highest BCUT2D eigenvalue weighted by Crippen LogP contribution is 2.36. The summed E-state index contributed by atoms with van der Waals surface area (Å²) in [5.41, 5.74) is 3.13. The number of carbonyl (C=O) groups excluding carboxylic acids is 2. The molecule has 0 spiro atoms. The first-order valence-corrected chi connectivity index (χ1v) is 9.27. The lowest BCUT2D eigenvalue weighted by Crippen LogP contribution is -2.27. The van der Waals surface area contributed by atoms with E-state index in [9.17, 15) is 9.59 Å². The molecule has 1 N–H and O–H groups in total. The number of amides is 1. The SMILES string of the molecule is COC(=O)c1ccccc1NC(=O)c1ccnc(N2c3ccccc3CC2C)n1. The summed E-state index contributed by atoms with van der Waals surface area (Å²) >= 11 is 0. The highest BCUT2D eigenvalue weighted by molar-refractivity contribution is 6.07. The van der Waals surface area contributed by atoms with E-state index in [0.717, 1.165) is 12.1 Å². The molecule has 29 heavy (non-hydrogen) atoms. The average molecular weight is 388 g/mol. The number of benzene rings is 2. The summed E-state index contributed by atoms with van der Waals surface area (Å²) < 4.78 is 4.77. The monoisotopic (exact) mass is 388 g/mol. The second-order valence-electron chi connectivity index (χ2n) is 6.79. The predicted molar refractivity (Wildman–Crippen MR) is 110 cm³/mol. The fraction of sp³-hybridized carbons (Fsp3) is 0.182. The van der Waals surface area contributed by atoms with Gasteiger partial charge in [0.05, 0.1) is 18.4 Å². The van der Waals surface area contributed by atoms with Crippen LogP contribution in [0.5, 0.6) is 0 Å². The maximum absolute atomic E-state index is 12.8. The van der Waals surface area contributed by atoms with Gasteiger partial charge in [0, 0.05) is 17.9 Å². The van der Waals surface area contributed by atoms with Crippen molar-refractivity contribution in [1.82, 2.24) is 9.97 Å². The number of esters is 1. The molecule has 4 rings (SSSR count). The summed E-state index contributed by atoms with van der Waals surface area (Å²) in [5, 5.41) is 2.74. The molecule has 0 radical (unpaired) electrons. The van der Waals surface area contributed by atoms with Crippen LogP contribution in [0.15, 0.2) is 60.8 Å². The van der Waals surface area contributed by atoms with E-state index in [0.29, 0.717) is 11.6 Å². The summed E-state index contributed by atoms with van der Waals surface area (Å²) in [6.45, 7) is 2.10. The third-order valence-electron chi connectivity index (χ3n) is 4.88. The number of rotatable bonds is 4. The maximum Gasteiger partial charge on any atom is 0.339 e. The lowest BCUT2D eigenvalue weighted by Gasteiger charge is -2.22. The van der Waals surface area contributed by atoms with Crippen LogP contribution in [0.2, 0.25) is 0 Å². The number of anilines is 3. The molecule has 2 aromatic carbocycles. The topological polar surface area (TPSA) is 84.4 Å². The van der Waals surface area contributed by atoms with E-state index in [1.807, 2.05) is 23.1 Å². The zero-order chi connectivity index (χ0) is 20.4. The van der Waals surface area contributed by atoms with E-state index in [-0.39, 0.29) is 17.3 Å². The maximum atomic E-state index is 12.8. The molecule has 0 bridgehead atoms. The number of methoxy groups -OCH3 is 1. The van der Waals surface area contributed by atoms with Gasteiger partial charge in [0.25, 0.3) is 5.91 Å². The molecule has 2 heterocycles. The number of fused-ring (bicyclic) bond motifs is 1. The fourth-order valence-electron chi connectivity index (χ4n) is 3.53. The van der Waals surface area contributed by atoms with E-state index < -0.39 is 11.9 Å². The molecule has 7 nitrogen and oxygen atoms in total. The van der Waals surface area contributed by atoms with Crippen molar-refractivity contribution in [2.24, 2.45) is 0 Å². The minimum Gasteiger partial charge on any atom is -0.465 e. The zero-order valence-electron chi connectivity index (χ0n) is 16.1. The van der Waals surface area contributed by atoms with Crippen molar-refractivity contribution in [2.45, 2.75) is 19.4 Å². The first-order valence-electron chi connectivity index (χ1n) is 9.27. The summed E-state index contributed by atoms with van der Waals surface area (Å²) in [6, 6.07) is 16.5. The van der Waals surface area contributed by atoms with Gasteiger partial charge >= 0.3 is 5.97 Å². The zero-order valence-corrected chi connectivity index (χ0v) is 16.1. The number of hydrogen-bond acceptors (Lipinski definition) is 6. The Morgan fingerprint density at radius 3 is 2.69 bits per heavy atom. The number of carbonyl (C=O) groups is 2. The van der Waals surface area contributed by atoms with Crippen molar-refractivity contribution in [2.75, 3.05) is 17.3 Å². The Hall–Kier alpha value is -3.74. The molecule has 0 aliphatic carbocycles. The summed E-state index contributed by atoms with van der Waals surface area (Å²) in [6.07, 6.45) is 2.46. The molecular formula is C22H20N4O3. The number of hydrogen-bond donors (Lipinski definition) is 1.